The summed E-state index contributed by atoms with van der Waals surface area (Å²) in [6.45, 7) is 0.560. The first kappa shape index (κ1) is 25.9. The van der Waals surface area contributed by atoms with E-state index in [-0.39, 0.29) is 5.82 Å². The number of imidazole rings is 1. The molecule has 1 heterocycles. The number of nitrogens with one attached hydrogen (secondary N) is 3. The summed E-state index contributed by atoms with van der Waals surface area (Å²) < 4.78 is 20.3. The van der Waals surface area contributed by atoms with Gasteiger partial charge in [-0.1, -0.05) is 24.3 Å². The van der Waals surface area contributed by atoms with Crippen molar-refractivity contribution in [1.29, 1.82) is 0 Å². The first-order valence-corrected chi connectivity index (χ1v) is 12.3. The molecule has 37 heavy (non-hydrogen) atoms. The van der Waals surface area contributed by atoms with E-state index in [0.717, 1.165) is 44.4 Å². The van der Waals surface area contributed by atoms with Crippen LogP contribution in [0.15, 0.2) is 89.4 Å². The van der Waals surface area contributed by atoms with Gasteiger partial charge in [0.25, 0.3) is 0 Å². The second kappa shape index (κ2) is 12.2. The van der Waals surface area contributed by atoms with Crippen LogP contribution in [0.2, 0.25) is 0 Å². The Morgan fingerprint density at radius 1 is 1.03 bits per heavy atom. The number of rotatable bonds is 7. The highest BCUT2D eigenvalue weighted by atomic mass is 79.9. The molecule has 5 rings (SSSR count). The van der Waals surface area contributed by atoms with E-state index in [4.69, 9.17) is 4.74 Å². The molecule has 0 fully saturated rings. The molecule has 0 bridgehead atoms. The summed E-state index contributed by atoms with van der Waals surface area (Å²) in [5.74, 6) is 1.10. The molecule has 4 aromatic carbocycles. The number of fused-ring (bicyclic) bond motifs is 1. The van der Waals surface area contributed by atoms with Gasteiger partial charge in [0.1, 0.15) is 23.7 Å². The van der Waals surface area contributed by atoms with Crippen molar-refractivity contribution in [3.8, 4) is 17.1 Å². The molecule has 1 aromatic heterocycles. The zero-order chi connectivity index (χ0) is 26.2. The van der Waals surface area contributed by atoms with Crippen LogP contribution in [0.4, 0.5) is 15.8 Å². The van der Waals surface area contributed by atoms with Gasteiger partial charge in [0.2, 0.25) is 0 Å². The average Bonchev–Trinajstić information content (AvgIpc) is 3.37. The minimum absolute atomic E-state index is 0.296. The SMILES string of the molecule is CNc1ccc(CNc2ccc(-c3nc4ccccc4[nH]3)cc2F)cc1.COc1ccc(C=O)cc1Br. The predicted octanol–water partition coefficient (Wildman–Crippen LogP) is 7.29. The minimum Gasteiger partial charge on any atom is -0.496 e. The number of benzene rings is 4. The highest BCUT2D eigenvalue weighted by Gasteiger charge is 2.09. The molecule has 0 saturated heterocycles. The molecule has 0 spiro atoms. The Bertz CT molecular complexity index is 1470. The van der Waals surface area contributed by atoms with Crippen molar-refractivity contribution in [3.05, 3.63) is 106 Å². The maximum atomic E-state index is 14.5. The van der Waals surface area contributed by atoms with Crippen LogP contribution >= 0.6 is 15.9 Å². The Kier molecular flexibility index (Phi) is 8.53. The Balaban J connectivity index is 0.000000245. The number of hydrogen-bond acceptors (Lipinski definition) is 5. The molecule has 0 saturated carbocycles. The smallest absolute Gasteiger partial charge is 0.150 e. The highest BCUT2D eigenvalue weighted by Crippen LogP contribution is 2.26. The third-order valence-electron chi connectivity index (χ3n) is 5.67. The van der Waals surface area contributed by atoms with Crippen LogP contribution in [-0.4, -0.2) is 30.4 Å². The fourth-order valence-corrected chi connectivity index (χ4v) is 4.20. The van der Waals surface area contributed by atoms with Crippen molar-refractivity contribution in [2.75, 3.05) is 24.8 Å². The number of halogens is 2. The van der Waals surface area contributed by atoms with Gasteiger partial charge in [-0.25, -0.2) is 9.37 Å². The topological polar surface area (TPSA) is 79.0 Å². The van der Waals surface area contributed by atoms with Crippen molar-refractivity contribution in [2.24, 2.45) is 0 Å². The molecule has 3 N–H and O–H groups in total. The summed E-state index contributed by atoms with van der Waals surface area (Å²) in [6.07, 6.45) is 0.796. The van der Waals surface area contributed by atoms with Gasteiger partial charge in [-0.05, 0) is 82.2 Å². The van der Waals surface area contributed by atoms with Crippen molar-refractivity contribution in [3.63, 3.8) is 0 Å². The molecule has 8 heteroatoms. The summed E-state index contributed by atoms with van der Waals surface area (Å²) in [6, 6.07) is 26.1. The number of para-hydroxylation sites is 2. The molecular formula is C29H26BrFN4O2. The van der Waals surface area contributed by atoms with E-state index in [1.165, 1.54) is 6.07 Å². The van der Waals surface area contributed by atoms with Crippen molar-refractivity contribution >= 4 is 44.6 Å². The number of nitrogens with zero attached hydrogens (tertiary/aromatic N) is 1. The summed E-state index contributed by atoms with van der Waals surface area (Å²) >= 11 is 3.26. The van der Waals surface area contributed by atoms with E-state index >= 15 is 0 Å². The zero-order valence-corrected chi connectivity index (χ0v) is 22.0. The number of aldehydes is 1. The standard InChI is InChI=1S/C21H19FN4.C8H7BrO2/c1-23-16-9-6-14(7-10-16)13-24-18-11-8-15(12-17(18)22)21-25-19-4-2-3-5-20(19)26-21;1-11-8-3-2-6(5-10)4-7(8)9/h2-12,23-24H,13H2,1H3,(H,25,26);2-5H,1H3. The lowest BCUT2D eigenvalue weighted by molar-refractivity contribution is 0.112. The number of carbonyl (C=O) groups is 1. The van der Waals surface area contributed by atoms with E-state index in [1.54, 1.807) is 31.4 Å². The van der Waals surface area contributed by atoms with Crippen LogP contribution in [0, 0.1) is 5.82 Å². The largest absolute Gasteiger partial charge is 0.496 e. The van der Waals surface area contributed by atoms with Crippen molar-refractivity contribution in [2.45, 2.75) is 6.54 Å². The normalized spacial score (nSPS) is 10.4. The van der Waals surface area contributed by atoms with Crippen LogP contribution in [0.1, 0.15) is 15.9 Å². The Morgan fingerprint density at radius 2 is 1.81 bits per heavy atom. The first-order valence-electron chi connectivity index (χ1n) is 11.5. The number of carbonyl (C=O) groups excluding carboxylic acids is 1. The monoisotopic (exact) mass is 560 g/mol. The van der Waals surface area contributed by atoms with Crippen LogP contribution < -0.4 is 15.4 Å². The van der Waals surface area contributed by atoms with Crippen molar-refractivity contribution in [1.82, 2.24) is 9.97 Å². The van der Waals surface area contributed by atoms with Gasteiger partial charge in [-0.2, -0.15) is 0 Å². The molecular weight excluding hydrogens is 535 g/mol. The number of hydrogen-bond donors (Lipinski definition) is 3. The van der Waals surface area contributed by atoms with E-state index in [2.05, 4.69) is 36.5 Å². The van der Waals surface area contributed by atoms with Crippen LogP contribution in [-0.2, 0) is 6.54 Å². The first-order chi connectivity index (χ1) is 18.0. The molecule has 0 amide bonds. The molecule has 0 atom stereocenters. The Labute approximate surface area is 223 Å². The van der Waals surface area contributed by atoms with E-state index in [9.17, 15) is 9.18 Å². The molecule has 188 valence electrons. The second-order valence-corrected chi connectivity index (χ2v) is 8.96. The fourth-order valence-electron chi connectivity index (χ4n) is 3.64. The number of aromatic amines is 1. The fraction of sp³-hybridized carbons (Fsp3) is 0.103. The van der Waals surface area contributed by atoms with E-state index < -0.39 is 0 Å². The van der Waals surface area contributed by atoms with Crippen LogP contribution in [0.25, 0.3) is 22.4 Å². The third-order valence-corrected chi connectivity index (χ3v) is 6.29. The maximum Gasteiger partial charge on any atom is 0.150 e. The van der Waals surface area contributed by atoms with Gasteiger partial charge in [0.05, 0.1) is 28.3 Å². The molecule has 0 unspecified atom stereocenters. The lowest BCUT2D eigenvalue weighted by Crippen LogP contribution is -2.02. The quantitative estimate of drug-likeness (QED) is 0.182. The Morgan fingerprint density at radius 3 is 2.46 bits per heavy atom. The number of H-pyrrole nitrogens is 1. The average molecular weight is 561 g/mol. The predicted molar refractivity (Wildman–Crippen MR) is 151 cm³/mol. The maximum absolute atomic E-state index is 14.5. The lowest BCUT2D eigenvalue weighted by Gasteiger charge is -2.09. The van der Waals surface area contributed by atoms with Gasteiger partial charge in [0, 0.05) is 30.4 Å². The lowest BCUT2D eigenvalue weighted by atomic mass is 10.1. The molecule has 0 aliphatic rings. The van der Waals surface area contributed by atoms with Crippen LogP contribution in [0.3, 0.4) is 0 Å². The van der Waals surface area contributed by atoms with E-state index in [0.29, 0.717) is 23.6 Å². The number of ether oxygens (including phenoxy) is 1. The molecule has 0 aliphatic heterocycles. The summed E-state index contributed by atoms with van der Waals surface area (Å²) in [5, 5.41) is 6.23. The third kappa shape index (κ3) is 6.54. The number of aromatic nitrogens is 2. The van der Waals surface area contributed by atoms with Gasteiger partial charge in [-0.15, -0.1) is 0 Å². The summed E-state index contributed by atoms with van der Waals surface area (Å²) in [7, 11) is 3.47. The van der Waals surface area contributed by atoms with Gasteiger partial charge in [0.15, 0.2) is 0 Å². The molecule has 0 radical (unpaired) electrons. The molecule has 6 nitrogen and oxygen atoms in total. The van der Waals surface area contributed by atoms with Gasteiger partial charge in [-0.3, -0.25) is 4.79 Å². The second-order valence-electron chi connectivity index (χ2n) is 8.11. The molecule has 5 aromatic rings. The number of methoxy groups -OCH3 is 1. The van der Waals surface area contributed by atoms with Crippen molar-refractivity contribution < 1.29 is 13.9 Å². The van der Waals surface area contributed by atoms with Crippen LogP contribution in [0.5, 0.6) is 5.75 Å². The summed E-state index contributed by atoms with van der Waals surface area (Å²) in [5.41, 5.74) is 5.79. The Hall–Kier alpha value is -4.17. The number of anilines is 2. The van der Waals surface area contributed by atoms with E-state index in [1.807, 2.05) is 61.6 Å². The van der Waals surface area contributed by atoms with Gasteiger partial charge < -0.3 is 20.4 Å². The molecule has 0 aliphatic carbocycles. The zero-order valence-electron chi connectivity index (χ0n) is 20.4. The summed E-state index contributed by atoms with van der Waals surface area (Å²) in [4.78, 5) is 18.0. The minimum atomic E-state index is -0.296. The highest BCUT2D eigenvalue weighted by molar-refractivity contribution is 9.10. The van der Waals surface area contributed by atoms with Gasteiger partial charge >= 0.3 is 0 Å².